The van der Waals surface area contributed by atoms with E-state index in [1.165, 1.54) is 4.31 Å². The third-order valence-corrected chi connectivity index (χ3v) is 6.30. The van der Waals surface area contributed by atoms with E-state index in [0.717, 1.165) is 28.9 Å². The number of unbranched alkanes of at least 4 members (excludes halogenated alkanes) is 1. The first-order chi connectivity index (χ1) is 8.95. The van der Waals surface area contributed by atoms with Crippen LogP contribution < -0.4 is 5.32 Å². The van der Waals surface area contributed by atoms with Crippen molar-refractivity contribution in [2.24, 2.45) is 0 Å². The maximum Gasteiger partial charge on any atom is 0.214 e. The Hall–Kier alpha value is 0.0500. The molecule has 1 aromatic rings. The molecular weight excluding hydrogens is 348 g/mol. The molecule has 0 aliphatic rings. The largest absolute Gasteiger partial charge is 0.317 e. The highest BCUT2D eigenvalue weighted by Crippen LogP contribution is 2.21. The lowest BCUT2D eigenvalue weighted by Gasteiger charge is -2.16. The predicted octanol–water partition coefficient (Wildman–Crippen LogP) is 2.66. The zero-order valence-electron chi connectivity index (χ0n) is 11.4. The molecule has 110 valence electrons. The summed E-state index contributed by atoms with van der Waals surface area (Å²) in [5.74, 6) is 0.224. The number of rotatable bonds is 9. The lowest BCUT2D eigenvalue weighted by atomic mass is 10.3. The first kappa shape index (κ1) is 17.1. The van der Waals surface area contributed by atoms with Crippen molar-refractivity contribution in [1.82, 2.24) is 9.62 Å². The standard InChI is InChI=1S/C12H21BrN2O2S2/c1-3-14-6-4-5-7-19(16,17)15(2)9-12-8-11(13)10-18-12/h8,10,14H,3-7,9H2,1-2H3. The summed E-state index contributed by atoms with van der Waals surface area (Å²) in [5.41, 5.74) is 0. The van der Waals surface area contributed by atoms with Crippen LogP contribution in [0.15, 0.2) is 15.9 Å². The fourth-order valence-corrected chi connectivity index (χ4v) is 4.42. The van der Waals surface area contributed by atoms with Crippen molar-refractivity contribution in [2.75, 3.05) is 25.9 Å². The van der Waals surface area contributed by atoms with Crippen molar-refractivity contribution >= 4 is 37.3 Å². The van der Waals surface area contributed by atoms with Gasteiger partial charge in [-0.1, -0.05) is 6.92 Å². The van der Waals surface area contributed by atoms with Crippen molar-refractivity contribution in [3.05, 3.63) is 20.8 Å². The van der Waals surface area contributed by atoms with E-state index in [9.17, 15) is 8.42 Å². The fourth-order valence-electron chi connectivity index (χ4n) is 1.62. The molecule has 0 aliphatic heterocycles. The first-order valence-corrected chi connectivity index (χ1v) is 9.61. The molecule has 1 aromatic heterocycles. The third kappa shape index (κ3) is 6.35. The Labute approximate surface area is 128 Å². The molecule has 0 aliphatic carbocycles. The molecule has 4 nitrogen and oxygen atoms in total. The maximum atomic E-state index is 12.1. The van der Waals surface area contributed by atoms with Crippen molar-refractivity contribution < 1.29 is 8.42 Å². The van der Waals surface area contributed by atoms with Crippen LogP contribution in [-0.2, 0) is 16.6 Å². The van der Waals surface area contributed by atoms with E-state index in [4.69, 9.17) is 0 Å². The van der Waals surface area contributed by atoms with E-state index in [-0.39, 0.29) is 5.75 Å². The predicted molar refractivity (Wildman–Crippen MR) is 85.1 cm³/mol. The number of halogens is 1. The molecule has 0 unspecified atom stereocenters. The Bertz CT molecular complexity index is 474. The van der Waals surface area contributed by atoms with Crippen LogP contribution in [-0.4, -0.2) is 38.6 Å². The molecule has 0 atom stereocenters. The Balaban J connectivity index is 2.39. The van der Waals surface area contributed by atoms with Crippen molar-refractivity contribution in [3.8, 4) is 0 Å². The van der Waals surface area contributed by atoms with Gasteiger partial charge in [0.15, 0.2) is 0 Å². The summed E-state index contributed by atoms with van der Waals surface area (Å²) >= 11 is 4.94. The minimum atomic E-state index is -3.14. The van der Waals surface area contributed by atoms with Crippen LogP contribution in [0.3, 0.4) is 0 Å². The normalized spacial score (nSPS) is 12.2. The molecular formula is C12H21BrN2O2S2. The number of nitrogens with one attached hydrogen (secondary N) is 1. The van der Waals surface area contributed by atoms with Gasteiger partial charge in [-0.25, -0.2) is 8.42 Å². The number of nitrogens with zero attached hydrogens (tertiary/aromatic N) is 1. The van der Waals surface area contributed by atoms with Gasteiger partial charge in [0.2, 0.25) is 10.0 Å². The summed E-state index contributed by atoms with van der Waals surface area (Å²) in [7, 11) is -1.49. The molecule has 0 amide bonds. The average Bonchev–Trinajstić information content (AvgIpc) is 2.74. The fraction of sp³-hybridized carbons (Fsp3) is 0.667. The van der Waals surface area contributed by atoms with Gasteiger partial charge in [0.1, 0.15) is 0 Å². The highest BCUT2D eigenvalue weighted by atomic mass is 79.9. The van der Waals surface area contributed by atoms with Gasteiger partial charge in [-0.05, 0) is 47.9 Å². The van der Waals surface area contributed by atoms with E-state index < -0.39 is 10.0 Å². The van der Waals surface area contributed by atoms with Crippen LogP contribution >= 0.6 is 27.3 Å². The molecule has 7 heteroatoms. The number of hydrogen-bond acceptors (Lipinski definition) is 4. The smallest absolute Gasteiger partial charge is 0.214 e. The van der Waals surface area contributed by atoms with Crippen molar-refractivity contribution in [1.29, 1.82) is 0 Å². The highest BCUT2D eigenvalue weighted by molar-refractivity contribution is 9.10. The van der Waals surface area contributed by atoms with Gasteiger partial charge in [-0.15, -0.1) is 11.3 Å². The Kier molecular flexibility index (Phi) is 7.53. The topological polar surface area (TPSA) is 49.4 Å². The average molecular weight is 369 g/mol. The zero-order valence-corrected chi connectivity index (χ0v) is 14.6. The maximum absolute atomic E-state index is 12.1. The van der Waals surface area contributed by atoms with Crippen LogP contribution in [0.25, 0.3) is 0 Å². The van der Waals surface area contributed by atoms with E-state index in [1.54, 1.807) is 18.4 Å². The van der Waals surface area contributed by atoms with Gasteiger partial charge in [-0.3, -0.25) is 0 Å². The minimum Gasteiger partial charge on any atom is -0.317 e. The lowest BCUT2D eigenvalue weighted by molar-refractivity contribution is 0.467. The zero-order chi connectivity index (χ0) is 14.3. The summed E-state index contributed by atoms with van der Waals surface area (Å²) in [6.45, 7) is 4.31. The number of hydrogen-bond donors (Lipinski definition) is 1. The summed E-state index contributed by atoms with van der Waals surface area (Å²) in [6, 6.07) is 1.96. The molecule has 0 aromatic carbocycles. The second-order valence-electron chi connectivity index (χ2n) is 4.36. The third-order valence-electron chi connectivity index (χ3n) is 2.73. The molecule has 0 fully saturated rings. The van der Waals surface area contributed by atoms with Gasteiger partial charge >= 0.3 is 0 Å². The SMILES string of the molecule is CCNCCCCS(=O)(=O)N(C)Cc1cc(Br)cs1. The molecule has 0 bridgehead atoms. The van der Waals surface area contributed by atoms with E-state index in [2.05, 4.69) is 21.2 Å². The summed E-state index contributed by atoms with van der Waals surface area (Å²) in [6.07, 6.45) is 1.60. The first-order valence-electron chi connectivity index (χ1n) is 6.33. The Morgan fingerprint density at radius 3 is 2.74 bits per heavy atom. The van der Waals surface area contributed by atoms with Crippen LogP contribution in [0.2, 0.25) is 0 Å². The second kappa shape index (κ2) is 8.36. The lowest BCUT2D eigenvalue weighted by Crippen LogP contribution is -2.29. The van der Waals surface area contributed by atoms with Crippen molar-refractivity contribution in [2.45, 2.75) is 26.3 Å². The molecule has 0 radical (unpaired) electrons. The second-order valence-corrected chi connectivity index (χ2v) is 8.47. The molecule has 1 heterocycles. The monoisotopic (exact) mass is 368 g/mol. The quantitative estimate of drug-likeness (QED) is 0.681. The van der Waals surface area contributed by atoms with Crippen LogP contribution in [0, 0.1) is 0 Å². The van der Waals surface area contributed by atoms with Gasteiger partial charge in [0, 0.05) is 28.3 Å². The van der Waals surface area contributed by atoms with E-state index in [1.807, 2.05) is 18.4 Å². The molecule has 1 N–H and O–H groups in total. The summed E-state index contributed by atoms with van der Waals surface area (Å²) < 4.78 is 26.6. The van der Waals surface area contributed by atoms with Gasteiger partial charge in [-0.2, -0.15) is 4.31 Å². The minimum absolute atomic E-state index is 0.224. The molecule has 1 rings (SSSR count). The number of thiophene rings is 1. The Morgan fingerprint density at radius 1 is 1.42 bits per heavy atom. The van der Waals surface area contributed by atoms with Crippen molar-refractivity contribution in [3.63, 3.8) is 0 Å². The Morgan fingerprint density at radius 2 is 2.16 bits per heavy atom. The van der Waals surface area contributed by atoms with Gasteiger partial charge < -0.3 is 5.32 Å². The molecule has 0 saturated carbocycles. The summed E-state index contributed by atoms with van der Waals surface area (Å²) in [4.78, 5) is 1.05. The molecule has 0 spiro atoms. The van der Waals surface area contributed by atoms with Gasteiger partial charge in [0.05, 0.1) is 5.75 Å². The van der Waals surface area contributed by atoms with Crippen LogP contribution in [0.1, 0.15) is 24.6 Å². The van der Waals surface area contributed by atoms with Crippen LogP contribution in [0.4, 0.5) is 0 Å². The number of sulfonamides is 1. The van der Waals surface area contributed by atoms with E-state index >= 15 is 0 Å². The van der Waals surface area contributed by atoms with Gasteiger partial charge in [0.25, 0.3) is 0 Å². The van der Waals surface area contributed by atoms with Crippen LogP contribution in [0.5, 0.6) is 0 Å². The molecule has 19 heavy (non-hydrogen) atoms. The highest BCUT2D eigenvalue weighted by Gasteiger charge is 2.18. The summed E-state index contributed by atoms with van der Waals surface area (Å²) in [5, 5.41) is 5.16. The van der Waals surface area contributed by atoms with E-state index in [0.29, 0.717) is 13.0 Å². The molecule has 0 saturated heterocycles.